The van der Waals surface area contributed by atoms with Gasteiger partial charge in [-0.15, -0.1) is 0 Å². The highest BCUT2D eigenvalue weighted by atomic mass is 16.4. The summed E-state index contributed by atoms with van der Waals surface area (Å²) in [6.07, 6.45) is 1.50. The molecule has 0 aliphatic carbocycles. The van der Waals surface area contributed by atoms with Gasteiger partial charge in [-0.2, -0.15) is 0 Å². The summed E-state index contributed by atoms with van der Waals surface area (Å²) in [7, 11) is 0. The van der Waals surface area contributed by atoms with E-state index in [1.807, 2.05) is 6.07 Å². The number of nitrogens with one attached hydrogen (secondary N) is 2. The third-order valence-electron chi connectivity index (χ3n) is 3.56. The zero-order valence-corrected chi connectivity index (χ0v) is 12.1. The van der Waals surface area contributed by atoms with Gasteiger partial charge in [0, 0.05) is 18.7 Å². The van der Waals surface area contributed by atoms with Crippen LogP contribution in [0.25, 0.3) is 0 Å². The van der Waals surface area contributed by atoms with Crippen molar-refractivity contribution in [3.05, 3.63) is 30.3 Å². The Hall–Kier alpha value is -2.41. The van der Waals surface area contributed by atoms with Gasteiger partial charge in [0.1, 0.15) is 6.04 Å². The van der Waals surface area contributed by atoms with Crippen LogP contribution in [0.3, 0.4) is 0 Å². The minimum absolute atomic E-state index is 0.0893. The summed E-state index contributed by atoms with van der Waals surface area (Å²) in [5.74, 6) is -1.29. The fraction of sp³-hybridized carbons (Fsp3) is 0.400. The summed E-state index contributed by atoms with van der Waals surface area (Å²) < 4.78 is 0. The average molecular weight is 305 g/mol. The molecule has 7 nitrogen and oxygen atoms in total. The topological polar surface area (TPSA) is 98.7 Å². The molecule has 1 heterocycles. The molecule has 0 saturated carbocycles. The van der Waals surface area contributed by atoms with Crippen molar-refractivity contribution in [3.8, 4) is 0 Å². The van der Waals surface area contributed by atoms with Crippen LogP contribution < -0.4 is 10.6 Å². The van der Waals surface area contributed by atoms with Crippen LogP contribution in [0.5, 0.6) is 0 Å². The third kappa shape index (κ3) is 4.56. The highest BCUT2D eigenvalue weighted by Gasteiger charge is 2.30. The molecule has 1 aromatic carbocycles. The first-order valence-electron chi connectivity index (χ1n) is 7.19. The number of carbonyl (C=O) groups excluding carboxylic acids is 2. The number of rotatable bonds is 5. The van der Waals surface area contributed by atoms with E-state index >= 15 is 0 Å². The summed E-state index contributed by atoms with van der Waals surface area (Å²) in [6.45, 7) is 1.00. The molecule has 118 valence electrons. The first-order chi connectivity index (χ1) is 10.6. The number of amides is 3. The Morgan fingerprint density at radius 2 is 1.95 bits per heavy atom. The van der Waals surface area contributed by atoms with Gasteiger partial charge < -0.3 is 10.4 Å². The van der Waals surface area contributed by atoms with E-state index in [9.17, 15) is 14.4 Å². The van der Waals surface area contributed by atoms with Crippen molar-refractivity contribution >= 4 is 23.6 Å². The molecule has 1 atom stereocenters. The van der Waals surface area contributed by atoms with Gasteiger partial charge in [-0.3, -0.25) is 19.8 Å². The van der Waals surface area contributed by atoms with E-state index in [1.54, 1.807) is 29.2 Å². The second kappa shape index (κ2) is 7.56. The summed E-state index contributed by atoms with van der Waals surface area (Å²) in [4.78, 5) is 36.2. The molecule has 1 unspecified atom stereocenters. The van der Waals surface area contributed by atoms with Crippen molar-refractivity contribution in [1.29, 1.82) is 0 Å². The number of carboxylic acids is 1. The zero-order valence-electron chi connectivity index (χ0n) is 12.1. The number of likely N-dealkylation sites (tertiary alicyclic amines) is 1. The number of anilines is 1. The lowest BCUT2D eigenvalue weighted by molar-refractivity contribution is -0.142. The van der Waals surface area contributed by atoms with Crippen LogP contribution in [0.15, 0.2) is 30.3 Å². The van der Waals surface area contributed by atoms with Gasteiger partial charge in [0.2, 0.25) is 5.91 Å². The first kappa shape index (κ1) is 16.0. The van der Waals surface area contributed by atoms with E-state index in [2.05, 4.69) is 10.6 Å². The predicted octanol–water partition coefficient (Wildman–Crippen LogP) is 1.27. The van der Waals surface area contributed by atoms with Gasteiger partial charge in [0.05, 0.1) is 0 Å². The van der Waals surface area contributed by atoms with Crippen LogP contribution in [0, 0.1) is 0 Å². The number of hydrogen-bond acceptors (Lipinski definition) is 4. The molecule has 1 aliphatic heterocycles. The van der Waals surface area contributed by atoms with Crippen molar-refractivity contribution in [2.24, 2.45) is 0 Å². The Balaban J connectivity index is 1.73. The fourth-order valence-electron chi connectivity index (χ4n) is 2.49. The van der Waals surface area contributed by atoms with E-state index in [0.717, 1.165) is 6.42 Å². The van der Waals surface area contributed by atoms with Gasteiger partial charge in [-0.25, -0.2) is 4.79 Å². The van der Waals surface area contributed by atoms with Crippen molar-refractivity contribution in [1.82, 2.24) is 10.2 Å². The monoisotopic (exact) mass is 305 g/mol. The number of para-hydroxylation sites is 1. The minimum Gasteiger partial charge on any atom is -0.480 e. The van der Waals surface area contributed by atoms with E-state index in [0.29, 0.717) is 25.2 Å². The SMILES string of the molecule is O=C(CCN1CCCC1C(=O)O)NC(=O)Nc1ccccc1. The van der Waals surface area contributed by atoms with Crippen molar-refractivity contribution < 1.29 is 19.5 Å². The molecule has 1 fully saturated rings. The van der Waals surface area contributed by atoms with E-state index in [-0.39, 0.29) is 6.42 Å². The Kier molecular flexibility index (Phi) is 5.48. The van der Waals surface area contributed by atoms with E-state index < -0.39 is 23.9 Å². The zero-order chi connectivity index (χ0) is 15.9. The van der Waals surface area contributed by atoms with Crippen LogP contribution in [-0.2, 0) is 9.59 Å². The van der Waals surface area contributed by atoms with Gasteiger partial charge in [-0.05, 0) is 31.5 Å². The smallest absolute Gasteiger partial charge is 0.325 e. The molecular weight excluding hydrogens is 286 g/mol. The van der Waals surface area contributed by atoms with Crippen LogP contribution in [-0.4, -0.2) is 47.0 Å². The molecule has 3 N–H and O–H groups in total. The molecule has 3 amide bonds. The van der Waals surface area contributed by atoms with Gasteiger partial charge in [-0.1, -0.05) is 18.2 Å². The van der Waals surface area contributed by atoms with Crippen molar-refractivity contribution in [2.45, 2.75) is 25.3 Å². The molecule has 22 heavy (non-hydrogen) atoms. The molecular formula is C15H19N3O4. The molecule has 1 aromatic rings. The lowest BCUT2D eigenvalue weighted by Crippen LogP contribution is -2.40. The predicted molar refractivity (Wildman–Crippen MR) is 80.5 cm³/mol. The maximum atomic E-state index is 11.7. The lowest BCUT2D eigenvalue weighted by atomic mass is 10.2. The maximum absolute atomic E-state index is 11.7. The average Bonchev–Trinajstić information content (AvgIpc) is 2.94. The fourth-order valence-corrected chi connectivity index (χ4v) is 2.49. The van der Waals surface area contributed by atoms with Crippen LogP contribution >= 0.6 is 0 Å². The number of aliphatic carboxylic acids is 1. The minimum atomic E-state index is -0.861. The normalized spacial score (nSPS) is 17.9. The molecule has 1 saturated heterocycles. The Morgan fingerprint density at radius 1 is 1.23 bits per heavy atom. The quantitative estimate of drug-likeness (QED) is 0.761. The molecule has 0 radical (unpaired) electrons. The molecule has 1 aliphatic rings. The number of imide groups is 1. The molecule has 2 rings (SSSR count). The second-order valence-electron chi connectivity index (χ2n) is 5.15. The lowest BCUT2D eigenvalue weighted by Gasteiger charge is -2.20. The summed E-state index contributed by atoms with van der Waals surface area (Å²) >= 11 is 0. The molecule has 0 bridgehead atoms. The van der Waals surface area contributed by atoms with Gasteiger partial charge in [0.15, 0.2) is 0 Å². The van der Waals surface area contributed by atoms with Crippen LogP contribution in [0.1, 0.15) is 19.3 Å². The molecule has 0 spiro atoms. The standard InChI is InChI=1S/C15H19N3O4/c19-13(8-10-18-9-4-7-12(18)14(20)21)17-15(22)16-11-5-2-1-3-6-11/h1-3,5-6,12H,4,7-10H2,(H,20,21)(H2,16,17,19,22). The maximum Gasteiger partial charge on any atom is 0.325 e. The Bertz CT molecular complexity index is 547. The number of nitrogens with zero attached hydrogens (tertiary/aromatic N) is 1. The summed E-state index contributed by atoms with van der Waals surface area (Å²) in [5.41, 5.74) is 0.596. The number of urea groups is 1. The highest BCUT2D eigenvalue weighted by molar-refractivity contribution is 6.01. The number of hydrogen-bond donors (Lipinski definition) is 3. The Morgan fingerprint density at radius 3 is 2.64 bits per heavy atom. The number of carboxylic acid groups (broad SMARTS) is 1. The summed E-state index contributed by atoms with van der Waals surface area (Å²) in [5, 5.41) is 13.8. The molecule has 0 aromatic heterocycles. The largest absolute Gasteiger partial charge is 0.480 e. The second-order valence-corrected chi connectivity index (χ2v) is 5.15. The van der Waals surface area contributed by atoms with Gasteiger partial charge >= 0.3 is 12.0 Å². The Labute approximate surface area is 128 Å². The third-order valence-corrected chi connectivity index (χ3v) is 3.56. The van der Waals surface area contributed by atoms with E-state index in [1.165, 1.54) is 0 Å². The number of carbonyl (C=O) groups is 3. The van der Waals surface area contributed by atoms with E-state index in [4.69, 9.17) is 5.11 Å². The van der Waals surface area contributed by atoms with Crippen molar-refractivity contribution in [3.63, 3.8) is 0 Å². The highest BCUT2D eigenvalue weighted by Crippen LogP contribution is 2.17. The van der Waals surface area contributed by atoms with Crippen molar-refractivity contribution in [2.75, 3.05) is 18.4 Å². The van der Waals surface area contributed by atoms with Crippen LogP contribution in [0.2, 0.25) is 0 Å². The first-order valence-corrected chi connectivity index (χ1v) is 7.19. The summed E-state index contributed by atoms with van der Waals surface area (Å²) in [6, 6.07) is 7.69. The molecule has 7 heteroatoms. The van der Waals surface area contributed by atoms with Crippen LogP contribution in [0.4, 0.5) is 10.5 Å². The number of benzene rings is 1. The van der Waals surface area contributed by atoms with Gasteiger partial charge in [0.25, 0.3) is 0 Å².